The van der Waals surface area contributed by atoms with E-state index in [1.54, 1.807) is 0 Å². The Morgan fingerprint density at radius 3 is 3.00 bits per heavy atom. The summed E-state index contributed by atoms with van der Waals surface area (Å²) in [7, 11) is 0. The average molecular weight is 191 g/mol. The molecule has 0 aliphatic carbocycles. The van der Waals surface area contributed by atoms with Crippen LogP contribution in [0.25, 0.3) is 0 Å². The SMILES string of the molecule is NCCNN1C(=O)CSC1=S. The fourth-order valence-electron chi connectivity index (χ4n) is 0.683. The van der Waals surface area contributed by atoms with Gasteiger partial charge in [0.25, 0.3) is 5.91 Å². The van der Waals surface area contributed by atoms with Crippen LogP contribution in [0.5, 0.6) is 0 Å². The molecule has 1 saturated heterocycles. The van der Waals surface area contributed by atoms with Gasteiger partial charge in [-0.05, 0) is 0 Å². The van der Waals surface area contributed by atoms with Crippen molar-refractivity contribution in [2.75, 3.05) is 18.8 Å². The minimum atomic E-state index is 0.00782. The highest BCUT2D eigenvalue weighted by atomic mass is 32.2. The fourth-order valence-corrected chi connectivity index (χ4v) is 1.70. The first-order valence-electron chi connectivity index (χ1n) is 3.19. The van der Waals surface area contributed by atoms with Gasteiger partial charge < -0.3 is 5.73 Å². The predicted molar refractivity (Wildman–Crippen MR) is 49.0 cm³/mol. The van der Waals surface area contributed by atoms with Crippen molar-refractivity contribution in [3.63, 3.8) is 0 Å². The molecule has 1 heterocycles. The van der Waals surface area contributed by atoms with Gasteiger partial charge in [0.2, 0.25) is 0 Å². The van der Waals surface area contributed by atoms with Gasteiger partial charge >= 0.3 is 0 Å². The first kappa shape index (κ1) is 8.92. The van der Waals surface area contributed by atoms with Gasteiger partial charge in [0.15, 0.2) is 4.32 Å². The maximum atomic E-state index is 11.0. The minimum Gasteiger partial charge on any atom is -0.329 e. The molecule has 0 radical (unpaired) electrons. The Bertz CT molecular complexity index is 169. The Balaban J connectivity index is 2.41. The fraction of sp³-hybridized carbons (Fsp3) is 0.600. The van der Waals surface area contributed by atoms with E-state index in [0.29, 0.717) is 23.2 Å². The van der Waals surface area contributed by atoms with Gasteiger partial charge in [-0.2, -0.15) is 0 Å². The zero-order chi connectivity index (χ0) is 8.27. The summed E-state index contributed by atoms with van der Waals surface area (Å²) in [5.41, 5.74) is 8.07. The number of nitrogens with zero attached hydrogens (tertiary/aromatic N) is 1. The monoisotopic (exact) mass is 191 g/mol. The van der Waals surface area contributed by atoms with E-state index in [1.807, 2.05) is 0 Å². The molecule has 0 saturated carbocycles. The van der Waals surface area contributed by atoms with Crippen molar-refractivity contribution in [2.45, 2.75) is 0 Å². The summed E-state index contributed by atoms with van der Waals surface area (Å²) in [5, 5.41) is 1.38. The quantitative estimate of drug-likeness (QED) is 0.578. The zero-order valence-corrected chi connectivity index (χ0v) is 7.50. The van der Waals surface area contributed by atoms with Crippen LogP contribution in [0.4, 0.5) is 0 Å². The second-order valence-electron chi connectivity index (χ2n) is 1.98. The normalized spacial score (nSPS) is 18.1. The number of thioether (sulfide) groups is 1. The van der Waals surface area contributed by atoms with Crippen LogP contribution < -0.4 is 11.2 Å². The van der Waals surface area contributed by atoms with E-state index in [2.05, 4.69) is 5.43 Å². The summed E-state index contributed by atoms with van der Waals surface area (Å²) in [6.45, 7) is 1.07. The zero-order valence-electron chi connectivity index (χ0n) is 5.87. The molecule has 0 aromatic heterocycles. The van der Waals surface area contributed by atoms with Crippen LogP contribution >= 0.6 is 24.0 Å². The molecule has 0 spiro atoms. The molecule has 0 atom stereocenters. The number of rotatable bonds is 3. The third-order valence-corrected chi connectivity index (χ3v) is 2.52. The highest BCUT2D eigenvalue weighted by Crippen LogP contribution is 2.16. The molecule has 0 aromatic carbocycles. The van der Waals surface area contributed by atoms with Gasteiger partial charge in [0.05, 0.1) is 5.75 Å². The molecule has 1 aliphatic heterocycles. The maximum absolute atomic E-state index is 11.0. The van der Waals surface area contributed by atoms with Crippen LogP contribution in [0.3, 0.4) is 0 Å². The van der Waals surface area contributed by atoms with Gasteiger partial charge in [-0.25, -0.2) is 10.4 Å². The van der Waals surface area contributed by atoms with Crippen molar-refractivity contribution in [2.24, 2.45) is 5.73 Å². The molecule has 4 nitrogen and oxygen atoms in total. The topological polar surface area (TPSA) is 58.4 Å². The van der Waals surface area contributed by atoms with E-state index in [4.69, 9.17) is 18.0 Å². The molecule has 6 heteroatoms. The molecule has 1 aliphatic rings. The van der Waals surface area contributed by atoms with E-state index in [-0.39, 0.29) is 5.91 Å². The Kier molecular flexibility index (Phi) is 3.25. The van der Waals surface area contributed by atoms with Crippen LogP contribution in [0.15, 0.2) is 0 Å². The number of hydrogen-bond donors (Lipinski definition) is 2. The number of carbonyl (C=O) groups excluding carboxylic acids is 1. The maximum Gasteiger partial charge on any atom is 0.253 e. The Morgan fingerprint density at radius 1 is 1.82 bits per heavy atom. The highest BCUT2D eigenvalue weighted by Gasteiger charge is 2.25. The van der Waals surface area contributed by atoms with Crippen molar-refractivity contribution in [3.8, 4) is 0 Å². The molecule has 62 valence electrons. The number of nitrogens with one attached hydrogen (secondary N) is 1. The van der Waals surface area contributed by atoms with Crippen molar-refractivity contribution in [3.05, 3.63) is 0 Å². The minimum absolute atomic E-state index is 0.00782. The molecule has 0 bridgehead atoms. The van der Waals surface area contributed by atoms with E-state index >= 15 is 0 Å². The lowest BCUT2D eigenvalue weighted by molar-refractivity contribution is -0.126. The van der Waals surface area contributed by atoms with Crippen molar-refractivity contribution in [1.82, 2.24) is 10.4 Å². The Hall–Kier alpha value is -0.170. The van der Waals surface area contributed by atoms with Crippen molar-refractivity contribution in [1.29, 1.82) is 0 Å². The second kappa shape index (κ2) is 4.01. The smallest absolute Gasteiger partial charge is 0.253 e. The number of amides is 1. The number of carbonyl (C=O) groups is 1. The molecule has 1 fully saturated rings. The third-order valence-electron chi connectivity index (χ3n) is 1.17. The second-order valence-corrected chi connectivity index (χ2v) is 3.59. The lowest BCUT2D eigenvalue weighted by atomic mass is 10.6. The molecule has 1 amide bonds. The molecule has 0 aromatic rings. The standard InChI is InChI=1S/C5H9N3OS2/c6-1-2-7-8-4(9)3-11-5(8)10/h7H,1-3,6H2. The molecular formula is C5H9N3OS2. The van der Waals surface area contributed by atoms with Crippen molar-refractivity contribution < 1.29 is 4.79 Å². The molecule has 1 rings (SSSR count). The molecule has 3 N–H and O–H groups in total. The summed E-state index contributed by atoms with van der Waals surface area (Å²) >= 11 is 6.26. The number of hydrazine groups is 1. The summed E-state index contributed by atoms with van der Waals surface area (Å²) in [4.78, 5) is 11.0. The lowest BCUT2D eigenvalue weighted by Crippen LogP contribution is -2.43. The van der Waals surface area contributed by atoms with Gasteiger partial charge in [-0.1, -0.05) is 24.0 Å². The average Bonchev–Trinajstić information content (AvgIpc) is 2.29. The van der Waals surface area contributed by atoms with E-state index in [9.17, 15) is 4.79 Å². The van der Waals surface area contributed by atoms with E-state index in [1.165, 1.54) is 16.8 Å². The number of hydrogen-bond acceptors (Lipinski definition) is 5. The Morgan fingerprint density at radius 2 is 2.55 bits per heavy atom. The Labute approximate surface area is 74.5 Å². The van der Waals surface area contributed by atoms with Crippen molar-refractivity contribution >= 4 is 34.2 Å². The first-order valence-corrected chi connectivity index (χ1v) is 4.58. The summed E-state index contributed by atoms with van der Waals surface area (Å²) in [6, 6.07) is 0. The van der Waals surface area contributed by atoms with Crippen LogP contribution in [-0.2, 0) is 4.79 Å². The third kappa shape index (κ3) is 2.13. The first-order chi connectivity index (χ1) is 5.25. The summed E-state index contributed by atoms with van der Waals surface area (Å²) in [6.07, 6.45) is 0. The van der Waals surface area contributed by atoms with Gasteiger partial charge in [-0.15, -0.1) is 0 Å². The largest absolute Gasteiger partial charge is 0.329 e. The summed E-state index contributed by atoms with van der Waals surface area (Å²) < 4.78 is 0.587. The van der Waals surface area contributed by atoms with Crippen LogP contribution in [0, 0.1) is 0 Å². The lowest BCUT2D eigenvalue weighted by Gasteiger charge is -2.14. The van der Waals surface area contributed by atoms with Gasteiger partial charge in [0, 0.05) is 13.1 Å². The van der Waals surface area contributed by atoms with Crippen LogP contribution in [0.2, 0.25) is 0 Å². The van der Waals surface area contributed by atoms with E-state index in [0.717, 1.165) is 0 Å². The van der Waals surface area contributed by atoms with Gasteiger partial charge in [-0.3, -0.25) is 4.79 Å². The predicted octanol–water partition coefficient (Wildman–Crippen LogP) is -0.690. The molecule has 0 unspecified atom stereocenters. The van der Waals surface area contributed by atoms with E-state index < -0.39 is 0 Å². The summed E-state index contributed by atoms with van der Waals surface area (Å²) in [5.74, 6) is 0.449. The number of thiocarbonyl (C=S) groups is 1. The number of nitrogens with two attached hydrogens (primary N) is 1. The molecular weight excluding hydrogens is 182 g/mol. The van der Waals surface area contributed by atoms with Crippen LogP contribution in [-0.4, -0.2) is 34.1 Å². The highest BCUT2D eigenvalue weighted by molar-refractivity contribution is 8.23. The van der Waals surface area contributed by atoms with Gasteiger partial charge in [0.1, 0.15) is 0 Å². The molecule has 11 heavy (non-hydrogen) atoms. The van der Waals surface area contributed by atoms with Crippen LogP contribution in [0.1, 0.15) is 0 Å².